The minimum absolute atomic E-state index is 0.0486. The van der Waals surface area contributed by atoms with Gasteiger partial charge in [0.05, 0.1) is 22.1 Å². The number of furan rings is 1. The van der Waals surface area contributed by atoms with Crippen LogP contribution in [0.2, 0.25) is 0 Å². The molecule has 0 unspecified atom stereocenters. The summed E-state index contributed by atoms with van der Waals surface area (Å²) >= 11 is 0. The zero-order valence-corrected chi connectivity index (χ0v) is 14.2. The number of nitro groups is 1. The van der Waals surface area contributed by atoms with Crippen LogP contribution in [-0.4, -0.2) is 10.9 Å². The number of non-ortho nitro benzene ring substituents is 1. The van der Waals surface area contributed by atoms with Crippen molar-refractivity contribution in [1.29, 1.82) is 0 Å². The van der Waals surface area contributed by atoms with Crippen LogP contribution in [0.3, 0.4) is 0 Å². The Morgan fingerprint density at radius 2 is 1.86 bits per heavy atom. The number of nitrogens with zero attached hydrogens (tertiary/aromatic N) is 1. The highest BCUT2D eigenvalue weighted by Gasteiger charge is 2.23. The summed E-state index contributed by atoms with van der Waals surface area (Å²) in [6.07, 6.45) is 1.39. The van der Waals surface area contributed by atoms with E-state index >= 15 is 0 Å². The molecule has 0 saturated heterocycles. The molecule has 0 aliphatic heterocycles. The summed E-state index contributed by atoms with van der Waals surface area (Å²) in [6, 6.07) is 14.7. The topological polar surface area (TPSA) is 113 Å². The number of carbonyl (C=O) groups excluding carboxylic acids is 1. The fourth-order valence-electron chi connectivity index (χ4n) is 2.69. The second-order valence-corrected chi connectivity index (χ2v) is 5.76. The van der Waals surface area contributed by atoms with Gasteiger partial charge in [-0.2, -0.15) is 0 Å². The van der Waals surface area contributed by atoms with Gasteiger partial charge in [-0.15, -0.1) is 0 Å². The SMILES string of the molecule is O=C(Oc1c(-c2ccco2)oc2ccccc2c1=O)c1cccc([N+](=O)[O-])c1. The number of benzene rings is 2. The van der Waals surface area contributed by atoms with Gasteiger partial charge < -0.3 is 13.6 Å². The minimum atomic E-state index is -0.931. The second kappa shape index (κ2) is 6.84. The molecular formula is C20H11NO7. The van der Waals surface area contributed by atoms with Crippen LogP contribution in [0.5, 0.6) is 5.75 Å². The van der Waals surface area contributed by atoms with Crippen molar-refractivity contribution in [1.82, 2.24) is 0 Å². The maximum atomic E-state index is 12.9. The van der Waals surface area contributed by atoms with Gasteiger partial charge in [-0.25, -0.2) is 4.79 Å². The van der Waals surface area contributed by atoms with Crippen molar-refractivity contribution in [3.8, 4) is 17.3 Å². The number of fused-ring (bicyclic) bond motifs is 1. The van der Waals surface area contributed by atoms with E-state index in [1.807, 2.05) is 0 Å². The van der Waals surface area contributed by atoms with Gasteiger partial charge in [-0.1, -0.05) is 18.2 Å². The normalized spacial score (nSPS) is 10.7. The molecule has 2 aromatic carbocycles. The Kier molecular flexibility index (Phi) is 4.21. The van der Waals surface area contributed by atoms with Crippen molar-refractivity contribution in [3.05, 3.63) is 92.8 Å². The average Bonchev–Trinajstić information content (AvgIpc) is 3.24. The highest BCUT2D eigenvalue weighted by atomic mass is 16.6. The lowest BCUT2D eigenvalue weighted by molar-refractivity contribution is -0.384. The van der Waals surface area contributed by atoms with E-state index in [-0.39, 0.29) is 33.9 Å². The molecule has 0 amide bonds. The third-order valence-corrected chi connectivity index (χ3v) is 3.99. The first-order valence-electron chi connectivity index (χ1n) is 8.11. The Hall–Kier alpha value is -4.20. The van der Waals surface area contributed by atoms with E-state index in [1.54, 1.807) is 30.3 Å². The molecule has 4 aromatic rings. The van der Waals surface area contributed by atoms with Crippen LogP contribution in [0.25, 0.3) is 22.5 Å². The van der Waals surface area contributed by atoms with Crippen LogP contribution in [0.4, 0.5) is 5.69 Å². The largest absolute Gasteiger partial charge is 0.461 e. The van der Waals surface area contributed by atoms with Crippen molar-refractivity contribution in [2.75, 3.05) is 0 Å². The van der Waals surface area contributed by atoms with E-state index in [1.165, 1.54) is 30.5 Å². The maximum Gasteiger partial charge on any atom is 0.344 e. The molecule has 0 radical (unpaired) electrons. The van der Waals surface area contributed by atoms with E-state index in [0.29, 0.717) is 5.58 Å². The number of rotatable bonds is 4. The monoisotopic (exact) mass is 377 g/mol. The summed E-state index contributed by atoms with van der Waals surface area (Å²) in [5, 5.41) is 11.1. The number of para-hydroxylation sites is 1. The highest BCUT2D eigenvalue weighted by molar-refractivity contribution is 5.93. The van der Waals surface area contributed by atoms with E-state index in [0.717, 1.165) is 6.07 Å². The van der Waals surface area contributed by atoms with Gasteiger partial charge >= 0.3 is 5.97 Å². The molecule has 2 aromatic heterocycles. The summed E-state index contributed by atoms with van der Waals surface area (Å²) in [5.41, 5.74) is -0.612. The van der Waals surface area contributed by atoms with E-state index in [2.05, 4.69) is 0 Å². The Labute approximate surface area is 156 Å². The number of esters is 1. The Morgan fingerprint density at radius 3 is 2.61 bits per heavy atom. The summed E-state index contributed by atoms with van der Waals surface area (Å²) < 4.78 is 16.3. The molecule has 0 atom stereocenters. The van der Waals surface area contributed by atoms with Crippen LogP contribution >= 0.6 is 0 Å². The van der Waals surface area contributed by atoms with Gasteiger partial charge in [0.15, 0.2) is 5.76 Å². The molecular weight excluding hydrogens is 366 g/mol. The van der Waals surface area contributed by atoms with Crippen LogP contribution in [0.1, 0.15) is 10.4 Å². The smallest absolute Gasteiger partial charge is 0.344 e. The van der Waals surface area contributed by atoms with Crippen molar-refractivity contribution in [3.63, 3.8) is 0 Å². The lowest BCUT2D eigenvalue weighted by atomic mass is 10.2. The minimum Gasteiger partial charge on any atom is -0.461 e. The predicted octanol–water partition coefficient (Wildman–Crippen LogP) is 4.18. The Morgan fingerprint density at radius 1 is 1.04 bits per heavy atom. The van der Waals surface area contributed by atoms with Crippen LogP contribution < -0.4 is 10.2 Å². The van der Waals surface area contributed by atoms with Gasteiger partial charge in [-0.05, 0) is 30.3 Å². The third-order valence-electron chi connectivity index (χ3n) is 3.99. The molecule has 2 heterocycles. The first-order chi connectivity index (χ1) is 13.5. The summed E-state index contributed by atoms with van der Waals surface area (Å²) in [7, 11) is 0. The summed E-state index contributed by atoms with van der Waals surface area (Å²) in [5.74, 6) is -1.14. The quantitative estimate of drug-likeness (QED) is 0.298. The van der Waals surface area contributed by atoms with Crippen molar-refractivity contribution in [2.24, 2.45) is 0 Å². The molecule has 0 N–H and O–H groups in total. The molecule has 4 rings (SSSR count). The first kappa shape index (κ1) is 17.2. The molecule has 0 aliphatic carbocycles. The number of ether oxygens (including phenoxy) is 1. The van der Waals surface area contributed by atoms with Crippen molar-refractivity contribution < 1.29 is 23.3 Å². The number of carbonyl (C=O) groups is 1. The highest BCUT2D eigenvalue weighted by Crippen LogP contribution is 2.31. The third kappa shape index (κ3) is 3.03. The van der Waals surface area contributed by atoms with Crippen LogP contribution in [0, 0.1) is 10.1 Å². The summed E-state index contributed by atoms with van der Waals surface area (Å²) in [6.45, 7) is 0. The fourth-order valence-corrected chi connectivity index (χ4v) is 2.69. The molecule has 8 heteroatoms. The Balaban J connectivity index is 1.84. The molecule has 0 spiro atoms. The zero-order valence-electron chi connectivity index (χ0n) is 14.2. The second-order valence-electron chi connectivity index (χ2n) is 5.76. The fraction of sp³-hybridized carbons (Fsp3) is 0. The lowest BCUT2D eigenvalue weighted by Crippen LogP contribution is -2.16. The molecule has 0 bridgehead atoms. The van der Waals surface area contributed by atoms with Gasteiger partial charge in [-0.3, -0.25) is 14.9 Å². The van der Waals surface area contributed by atoms with E-state index in [9.17, 15) is 19.7 Å². The van der Waals surface area contributed by atoms with Crippen LogP contribution in [-0.2, 0) is 0 Å². The number of nitro benzene ring substituents is 1. The van der Waals surface area contributed by atoms with Gasteiger partial charge in [0.1, 0.15) is 5.58 Å². The average molecular weight is 377 g/mol. The zero-order chi connectivity index (χ0) is 19.7. The van der Waals surface area contributed by atoms with Gasteiger partial charge in [0.25, 0.3) is 5.69 Å². The lowest BCUT2D eigenvalue weighted by Gasteiger charge is -2.09. The molecule has 28 heavy (non-hydrogen) atoms. The molecule has 8 nitrogen and oxygen atoms in total. The van der Waals surface area contributed by atoms with Gasteiger partial charge in [0.2, 0.25) is 16.9 Å². The standard InChI is InChI=1S/C20H11NO7/c22-17-14-7-1-2-8-15(14)27-18(16-9-4-10-26-16)19(17)28-20(23)12-5-3-6-13(11-12)21(24)25/h1-11H. The number of hydrogen-bond donors (Lipinski definition) is 0. The summed E-state index contributed by atoms with van der Waals surface area (Å²) in [4.78, 5) is 35.7. The number of hydrogen-bond acceptors (Lipinski definition) is 7. The molecule has 0 fully saturated rings. The maximum absolute atomic E-state index is 12.9. The van der Waals surface area contributed by atoms with E-state index < -0.39 is 16.3 Å². The van der Waals surface area contributed by atoms with Gasteiger partial charge in [0, 0.05) is 12.1 Å². The predicted molar refractivity (Wildman–Crippen MR) is 98.2 cm³/mol. The van der Waals surface area contributed by atoms with Crippen molar-refractivity contribution in [2.45, 2.75) is 0 Å². The first-order valence-corrected chi connectivity index (χ1v) is 8.11. The molecule has 138 valence electrons. The molecule has 0 saturated carbocycles. The van der Waals surface area contributed by atoms with Crippen LogP contribution in [0.15, 0.2) is 80.6 Å². The van der Waals surface area contributed by atoms with Crippen molar-refractivity contribution >= 4 is 22.6 Å². The Bertz CT molecular complexity index is 1260. The molecule has 0 aliphatic rings. The van der Waals surface area contributed by atoms with E-state index in [4.69, 9.17) is 13.6 Å².